The molecule has 31 heavy (non-hydrogen) atoms. The summed E-state index contributed by atoms with van der Waals surface area (Å²) in [5, 5.41) is 13.2. The van der Waals surface area contributed by atoms with E-state index in [0.29, 0.717) is 12.3 Å². The van der Waals surface area contributed by atoms with E-state index in [2.05, 4.69) is 34.2 Å². The maximum Gasteiger partial charge on any atom is 0.194 e. The normalized spacial score (nSPS) is 14.1. The average Bonchev–Trinajstić information content (AvgIpc) is 2.80. The lowest BCUT2D eigenvalue weighted by atomic mass is 10.1. The number of rotatable bonds is 7. The molecule has 0 bridgehead atoms. The number of hydrogen-bond acceptors (Lipinski definition) is 5. The molecule has 8 heteroatoms. The lowest BCUT2D eigenvalue weighted by molar-refractivity contribution is 0.372. The molecule has 1 heterocycles. The first-order chi connectivity index (χ1) is 14.6. The van der Waals surface area contributed by atoms with Crippen LogP contribution >= 0.6 is 24.0 Å². The van der Waals surface area contributed by atoms with E-state index in [1.807, 2.05) is 24.3 Å². The van der Waals surface area contributed by atoms with Crippen molar-refractivity contribution in [2.75, 3.05) is 58.4 Å². The lowest BCUT2D eigenvalue weighted by Crippen LogP contribution is -2.52. The highest BCUT2D eigenvalue weighted by atomic mass is 127. The van der Waals surface area contributed by atoms with Crippen molar-refractivity contribution in [2.24, 2.45) is 4.99 Å². The van der Waals surface area contributed by atoms with Gasteiger partial charge in [0.05, 0.1) is 14.2 Å². The Labute approximate surface area is 202 Å². The fourth-order valence-corrected chi connectivity index (χ4v) is 3.56. The number of nitrogens with zero attached hydrogens (tertiary/aromatic N) is 3. The summed E-state index contributed by atoms with van der Waals surface area (Å²) in [6, 6.07) is 13.7. The molecule has 2 aromatic rings. The van der Waals surface area contributed by atoms with Gasteiger partial charge in [-0.3, -0.25) is 4.99 Å². The molecule has 1 fully saturated rings. The number of guanidine groups is 1. The monoisotopic (exact) mass is 540 g/mol. The van der Waals surface area contributed by atoms with Gasteiger partial charge in [-0.1, -0.05) is 6.07 Å². The molecule has 0 aromatic heterocycles. The lowest BCUT2D eigenvalue weighted by Gasteiger charge is -2.37. The number of anilines is 1. The van der Waals surface area contributed by atoms with Crippen molar-refractivity contribution in [1.82, 2.24) is 10.2 Å². The Bertz CT molecular complexity index is 837. The Morgan fingerprint density at radius 1 is 1.03 bits per heavy atom. The first-order valence-corrected chi connectivity index (χ1v) is 10.4. The van der Waals surface area contributed by atoms with Crippen LogP contribution in [-0.2, 0) is 6.42 Å². The second kappa shape index (κ2) is 12.5. The number of piperazine rings is 1. The van der Waals surface area contributed by atoms with Crippen molar-refractivity contribution in [3.05, 3.63) is 48.0 Å². The summed E-state index contributed by atoms with van der Waals surface area (Å²) in [5.41, 5.74) is 2.31. The molecule has 0 atom stereocenters. The molecule has 1 aliphatic heterocycles. The molecular formula is C23H33IN4O3. The van der Waals surface area contributed by atoms with Crippen LogP contribution in [0.5, 0.6) is 17.2 Å². The van der Waals surface area contributed by atoms with Crippen LogP contribution < -0.4 is 19.7 Å². The summed E-state index contributed by atoms with van der Waals surface area (Å²) in [6.07, 6.45) is 0.789. The number of aromatic hydroxyl groups is 1. The van der Waals surface area contributed by atoms with Crippen LogP contribution in [0, 0.1) is 0 Å². The zero-order chi connectivity index (χ0) is 21.3. The number of methoxy groups -OCH3 is 2. The molecule has 2 N–H and O–H groups in total. The van der Waals surface area contributed by atoms with E-state index in [1.165, 1.54) is 5.69 Å². The first-order valence-electron chi connectivity index (χ1n) is 10.4. The predicted octanol–water partition coefficient (Wildman–Crippen LogP) is 3.36. The Kier molecular flexibility index (Phi) is 10.0. The Morgan fingerprint density at radius 3 is 2.35 bits per heavy atom. The number of nitrogens with one attached hydrogen (secondary N) is 1. The molecule has 2 aromatic carbocycles. The minimum atomic E-state index is 0. The van der Waals surface area contributed by atoms with Gasteiger partial charge in [-0.2, -0.15) is 0 Å². The van der Waals surface area contributed by atoms with Gasteiger partial charge in [0.1, 0.15) is 5.75 Å². The Morgan fingerprint density at radius 2 is 1.74 bits per heavy atom. The number of ether oxygens (including phenoxy) is 2. The molecule has 1 aliphatic rings. The summed E-state index contributed by atoms with van der Waals surface area (Å²) in [6.45, 7) is 7.35. The van der Waals surface area contributed by atoms with E-state index in [9.17, 15) is 5.11 Å². The summed E-state index contributed by atoms with van der Waals surface area (Å²) in [5.74, 6) is 2.49. The van der Waals surface area contributed by atoms with Crippen molar-refractivity contribution in [3.63, 3.8) is 0 Å². The summed E-state index contributed by atoms with van der Waals surface area (Å²) in [7, 11) is 3.25. The van der Waals surface area contributed by atoms with Crippen LogP contribution in [0.15, 0.2) is 47.5 Å². The number of benzene rings is 2. The minimum Gasteiger partial charge on any atom is -0.504 e. The smallest absolute Gasteiger partial charge is 0.194 e. The highest BCUT2D eigenvalue weighted by molar-refractivity contribution is 14.0. The van der Waals surface area contributed by atoms with Gasteiger partial charge in [-0.15, -0.1) is 24.0 Å². The van der Waals surface area contributed by atoms with Crippen LogP contribution in [0.25, 0.3) is 0 Å². The van der Waals surface area contributed by atoms with Gasteiger partial charge < -0.3 is 29.7 Å². The number of phenols is 1. The van der Waals surface area contributed by atoms with E-state index < -0.39 is 0 Å². The highest BCUT2D eigenvalue weighted by Gasteiger charge is 2.19. The molecule has 0 aliphatic carbocycles. The van der Waals surface area contributed by atoms with E-state index in [0.717, 1.165) is 56.4 Å². The maximum absolute atomic E-state index is 9.74. The van der Waals surface area contributed by atoms with Gasteiger partial charge in [-0.05, 0) is 55.3 Å². The van der Waals surface area contributed by atoms with Crippen molar-refractivity contribution < 1.29 is 14.6 Å². The van der Waals surface area contributed by atoms with E-state index in [1.54, 1.807) is 20.3 Å². The highest BCUT2D eigenvalue weighted by Crippen LogP contribution is 2.26. The molecule has 0 saturated carbocycles. The number of phenolic OH excluding ortho intramolecular Hbond substituents is 1. The minimum absolute atomic E-state index is 0. The molecule has 0 spiro atoms. The van der Waals surface area contributed by atoms with Crippen LogP contribution in [-0.4, -0.2) is 69.5 Å². The fourth-order valence-electron chi connectivity index (χ4n) is 3.56. The van der Waals surface area contributed by atoms with Gasteiger partial charge >= 0.3 is 0 Å². The number of hydrogen-bond donors (Lipinski definition) is 2. The number of halogens is 1. The first kappa shape index (κ1) is 24.9. The largest absolute Gasteiger partial charge is 0.504 e. The molecular weight excluding hydrogens is 507 g/mol. The van der Waals surface area contributed by atoms with Crippen LogP contribution in [0.2, 0.25) is 0 Å². The van der Waals surface area contributed by atoms with Crippen LogP contribution in [0.4, 0.5) is 5.69 Å². The zero-order valence-electron chi connectivity index (χ0n) is 18.5. The van der Waals surface area contributed by atoms with E-state index in [4.69, 9.17) is 14.5 Å². The fraction of sp³-hybridized carbons (Fsp3) is 0.435. The molecule has 0 radical (unpaired) electrons. The van der Waals surface area contributed by atoms with Gasteiger partial charge in [-0.25, -0.2) is 0 Å². The SMILES string of the molecule is CCNC(=NCCc1ccc(O)c(OC)c1)N1CCN(c2ccc(OC)cc2)CC1.I. The van der Waals surface area contributed by atoms with Gasteiger partial charge in [0.25, 0.3) is 0 Å². The van der Waals surface area contributed by atoms with Crippen LogP contribution in [0.3, 0.4) is 0 Å². The van der Waals surface area contributed by atoms with Crippen molar-refractivity contribution in [1.29, 1.82) is 0 Å². The summed E-state index contributed by atoms with van der Waals surface area (Å²) in [4.78, 5) is 9.54. The molecule has 3 rings (SSSR count). The second-order valence-corrected chi connectivity index (χ2v) is 7.16. The summed E-state index contributed by atoms with van der Waals surface area (Å²) >= 11 is 0. The van der Waals surface area contributed by atoms with Gasteiger partial charge in [0, 0.05) is 45.0 Å². The van der Waals surface area contributed by atoms with Crippen molar-refractivity contribution in [2.45, 2.75) is 13.3 Å². The Balaban J connectivity index is 0.00000341. The standard InChI is InChI=1S/C23H32N4O3.HI/c1-4-24-23(25-12-11-18-5-10-21(28)22(17-18)30-3)27-15-13-26(14-16-27)19-6-8-20(29-2)9-7-19;/h5-10,17,28H,4,11-16H2,1-3H3,(H,24,25);1H. The van der Waals surface area contributed by atoms with Crippen molar-refractivity contribution in [3.8, 4) is 17.2 Å². The average molecular weight is 540 g/mol. The molecule has 170 valence electrons. The third-order valence-electron chi connectivity index (χ3n) is 5.26. The van der Waals surface area contributed by atoms with Gasteiger partial charge in [0.2, 0.25) is 0 Å². The maximum atomic E-state index is 9.74. The number of aliphatic imine (C=N–C) groups is 1. The molecule has 0 unspecified atom stereocenters. The van der Waals surface area contributed by atoms with Crippen molar-refractivity contribution >= 4 is 35.6 Å². The third-order valence-corrected chi connectivity index (χ3v) is 5.26. The quantitative estimate of drug-likeness (QED) is 0.319. The van der Waals surface area contributed by atoms with E-state index in [-0.39, 0.29) is 29.7 Å². The summed E-state index contributed by atoms with van der Waals surface area (Å²) < 4.78 is 10.4. The molecule has 1 saturated heterocycles. The Hall–Kier alpha value is -2.36. The third kappa shape index (κ3) is 6.81. The van der Waals surface area contributed by atoms with Gasteiger partial charge in [0.15, 0.2) is 17.5 Å². The topological polar surface area (TPSA) is 69.6 Å². The molecule has 7 nitrogen and oxygen atoms in total. The molecule has 0 amide bonds. The zero-order valence-corrected chi connectivity index (χ0v) is 20.8. The predicted molar refractivity (Wildman–Crippen MR) is 137 cm³/mol. The van der Waals surface area contributed by atoms with Crippen LogP contribution in [0.1, 0.15) is 12.5 Å². The second-order valence-electron chi connectivity index (χ2n) is 7.16. The van der Waals surface area contributed by atoms with E-state index >= 15 is 0 Å².